The van der Waals surface area contributed by atoms with E-state index in [0.717, 1.165) is 27.9 Å². The number of aliphatic hydroxyl groups is 1. The third kappa shape index (κ3) is 4.29. The van der Waals surface area contributed by atoms with Gasteiger partial charge in [0.2, 0.25) is 0 Å². The zero-order valence-corrected chi connectivity index (χ0v) is 16.0. The van der Waals surface area contributed by atoms with Crippen molar-refractivity contribution in [1.29, 1.82) is 0 Å². The fourth-order valence-electron chi connectivity index (χ4n) is 2.93. The second kappa shape index (κ2) is 8.54. The van der Waals surface area contributed by atoms with Crippen LogP contribution in [0.1, 0.15) is 10.4 Å². The molecule has 0 bridgehead atoms. The van der Waals surface area contributed by atoms with E-state index < -0.39 is 0 Å². The minimum absolute atomic E-state index is 0.0946. The first kappa shape index (κ1) is 19.4. The van der Waals surface area contributed by atoms with Crippen molar-refractivity contribution in [2.75, 3.05) is 37.9 Å². The van der Waals surface area contributed by atoms with E-state index in [9.17, 15) is 4.79 Å². The summed E-state index contributed by atoms with van der Waals surface area (Å²) in [6.07, 6.45) is 1.71. The van der Waals surface area contributed by atoms with Crippen LogP contribution in [-0.4, -0.2) is 43.2 Å². The Balaban J connectivity index is 1.98. The summed E-state index contributed by atoms with van der Waals surface area (Å²) < 4.78 is 0. The topological polar surface area (TPSA) is 91.5 Å². The van der Waals surface area contributed by atoms with Crippen LogP contribution in [0.5, 0.6) is 0 Å². The first-order valence-electron chi connectivity index (χ1n) is 9.02. The average molecular weight is 376 g/mol. The predicted octanol–water partition coefficient (Wildman–Crippen LogP) is 2.79. The highest BCUT2D eigenvalue weighted by molar-refractivity contribution is 5.95. The first-order valence-corrected chi connectivity index (χ1v) is 9.02. The van der Waals surface area contributed by atoms with Crippen molar-refractivity contribution >= 4 is 17.4 Å². The molecule has 3 aromatic rings. The van der Waals surface area contributed by atoms with Crippen molar-refractivity contribution in [3.63, 3.8) is 0 Å². The first-order chi connectivity index (χ1) is 13.5. The molecule has 4 N–H and O–H groups in total. The van der Waals surface area contributed by atoms with Crippen LogP contribution < -0.4 is 16.0 Å². The summed E-state index contributed by atoms with van der Waals surface area (Å²) in [7, 11) is 3.98. The maximum Gasteiger partial charge on any atom is 0.251 e. The van der Waals surface area contributed by atoms with E-state index in [0.29, 0.717) is 11.4 Å². The summed E-state index contributed by atoms with van der Waals surface area (Å²) in [6.45, 7) is 0.127. The monoisotopic (exact) mass is 376 g/mol. The summed E-state index contributed by atoms with van der Waals surface area (Å²) in [5, 5.41) is 11.5. The lowest BCUT2D eigenvalue weighted by Gasteiger charge is -2.15. The lowest BCUT2D eigenvalue weighted by molar-refractivity contribution is 0.0945. The zero-order chi connectivity index (χ0) is 20.1. The largest absolute Gasteiger partial charge is 0.395 e. The fraction of sp³-hybridized carbons (Fsp3) is 0.182. The van der Waals surface area contributed by atoms with Crippen molar-refractivity contribution in [3.05, 3.63) is 66.4 Å². The minimum atomic E-state index is -0.224. The quantitative estimate of drug-likeness (QED) is 0.615. The highest BCUT2D eigenvalue weighted by Crippen LogP contribution is 2.31. The van der Waals surface area contributed by atoms with Crippen molar-refractivity contribution in [2.24, 2.45) is 0 Å². The standard InChI is InChI=1S/C22H24N4O2/c1-26(2)19-8-4-6-16(12-19)20-13-18(14-25-21(20)23)15-5-3-7-17(11-15)22(28)24-9-10-27/h3-8,11-14,27H,9-10H2,1-2H3,(H2,23,25)(H,24,28). The molecule has 0 radical (unpaired) electrons. The van der Waals surface area contributed by atoms with Gasteiger partial charge in [0.05, 0.1) is 6.61 Å². The minimum Gasteiger partial charge on any atom is -0.395 e. The molecule has 1 amide bonds. The van der Waals surface area contributed by atoms with Gasteiger partial charge in [-0.25, -0.2) is 4.98 Å². The number of nitrogens with zero attached hydrogens (tertiary/aromatic N) is 2. The van der Waals surface area contributed by atoms with Crippen LogP contribution in [0.3, 0.4) is 0 Å². The Morgan fingerprint density at radius 1 is 1.07 bits per heavy atom. The molecule has 0 unspecified atom stereocenters. The molecule has 28 heavy (non-hydrogen) atoms. The Bertz CT molecular complexity index is 986. The Morgan fingerprint density at radius 3 is 2.57 bits per heavy atom. The number of aromatic nitrogens is 1. The lowest BCUT2D eigenvalue weighted by Crippen LogP contribution is -2.26. The molecule has 144 valence electrons. The number of nitrogens with two attached hydrogens (primary N) is 1. The van der Waals surface area contributed by atoms with Crippen molar-refractivity contribution in [1.82, 2.24) is 10.3 Å². The summed E-state index contributed by atoms with van der Waals surface area (Å²) in [5.74, 6) is 0.231. The molecule has 1 aromatic heterocycles. The van der Waals surface area contributed by atoms with Gasteiger partial charge >= 0.3 is 0 Å². The van der Waals surface area contributed by atoms with Crippen molar-refractivity contribution < 1.29 is 9.90 Å². The fourth-order valence-corrected chi connectivity index (χ4v) is 2.93. The molecule has 0 aliphatic rings. The van der Waals surface area contributed by atoms with Gasteiger partial charge in [0, 0.05) is 49.2 Å². The van der Waals surface area contributed by atoms with Crippen molar-refractivity contribution in [2.45, 2.75) is 0 Å². The van der Waals surface area contributed by atoms with Crippen LogP contribution in [0.25, 0.3) is 22.3 Å². The number of carbonyl (C=O) groups excluding carboxylic acids is 1. The number of carbonyl (C=O) groups is 1. The SMILES string of the molecule is CN(C)c1cccc(-c2cc(-c3cccc(C(=O)NCCO)c3)cnc2N)c1. The summed E-state index contributed by atoms with van der Waals surface area (Å²) in [4.78, 5) is 18.6. The number of anilines is 2. The molecule has 0 saturated heterocycles. The highest BCUT2D eigenvalue weighted by Gasteiger charge is 2.11. The number of nitrogen functional groups attached to an aromatic ring is 1. The molecule has 6 nitrogen and oxygen atoms in total. The normalized spacial score (nSPS) is 10.5. The second-order valence-corrected chi connectivity index (χ2v) is 6.66. The van der Waals surface area contributed by atoms with Crippen LogP contribution in [-0.2, 0) is 0 Å². The molecule has 0 saturated carbocycles. The number of amides is 1. The third-order valence-corrected chi connectivity index (χ3v) is 4.45. The summed E-state index contributed by atoms with van der Waals surface area (Å²) in [5.41, 5.74) is 11.3. The van der Waals surface area contributed by atoms with Gasteiger partial charge in [-0.3, -0.25) is 4.79 Å². The molecule has 0 spiro atoms. The number of rotatable bonds is 6. The summed E-state index contributed by atoms with van der Waals surface area (Å²) in [6, 6.07) is 17.4. The van der Waals surface area contributed by atoms with Crippen LogP contribution >= 0.6 is 0 Å². The molecule has 0 fully saturated rings. The molecular weight excluding hydrogens is 352 g/mol. The van der Waals surface area contributed by atoms with Gasteiger partial charge in [0.25, 0.3) is 5.91 Å². The second-order valence-electron chi connectivity index (χ2n) is 6.66. The van der Waals surface area contributed by atoms with Crippen LogP contribution in [0.2, 0.25) is 0 Å². The van der Waals surface area contributed by atoms with E-state index in [2.05, 4.69) is 16.4 Å². The van der Waals surface area contributed by atoms with Gasteiger partial charge in [0.15, 0.2) is 0 Å². The van der Waals surface area contributed by atoms with E-state index >= 15 is 0 Å². The zero-order valence-electron chi connectivity index (χ0n) is 16.0. The van der Waals surface area contributed by atoms with E-state index in [1.165, 1.54) is 0 Å². The molecule has 6 heteroatoms. The van der Waals surface area contributed by atoms with Gasteiger partial charge in [-0.15, -0.1) is 0 Å². The maximum atomic E-state index is 12.2. The smallest absolute Gasteiger partial charge is 0.251 e. The number of nitrogens with one attached hydrogen (secondary N) is 1. The van der Waals surface area contributed by atoms with Gasteiger partial charge in [-0.1, -0.05) is 24.3 Å². The van der Waals surface area contributed by atoms with E-state index in [-0.39, 0.29) is 19.1 Å². The Morgan fingerprint density at radius 2 is 1.82 bits per heavy atom. The maximum absolute atomic E-state index is 12.2. The van der Waals surface area contributed by atoms with Crippen LogP contribution in [0.15, 0.2) is 60.8 Å². The average Bonchev–Trinajstić information content (AvgIpc) is 2.72. The number of aliphatic hydroxyl groups excluding tert-OH is 1. The summed E-state index contributed by atoms with van der Waals surface area (Å²) >= 11 is 0. The lowest BCUT2D eigenvalue weighted by atomic mass is 9.99. The molecule has 0 aliphatic carbocycles. The number of pyridine rings is 1. The molecule has 1 heterocycles. The van der Waals surface area contributed by atoms with Gasteiger partial charge < -0.3 is 21.1 Å². The highest BCUT2D eigenvalue weighted by atomic mass is 16.3. The van der Waals surface area contributed by atoms with Gasteiger partial charge in [0.1, 0.15) is 5.82 Å². The number of hydrogen-bond donors (Lipinski definition) is 3. The third-order valence-electron chi connectivity index (χ3n) is 4.45. The molecule has 2 aromatic carbocycles. The molecule has 0 aliphatic heterocycles. The molecular formula is C22H24N4O2. The Kier molecular flexibility index (Phi) is 5.91. The molecule has 0 atom stereocenters. The van der Waals surface area contributed by atoms with Crippen LogP contribution in [0.4, 0.5) is 11.5 Å². The Labute approximate surface area is 164 Å². The predicted molar refractivity (Wildman–Crippen MR) is 113 cm³/mol. The van der Waals surface area contributed by atoms with Gasteiger partial charge in [-0.05, 0) is 41.5 Å². The number of benzene rings is 2. The van der Waals surface area contributed by atoms with Crippen molar-refractivity contribution in [3.8, 4) is 22.3 Å². The van der Waals surface area contributed by atoms with E-state index in [1.54, 1.807) is 18.3 Å². The number of hydrogen-bond acceptors (Lipinski definition) is 5. The molecule has 3 rings (SSSR count). The van der Waals surface area contributed by atoms with Crippen LogP contribution in [0, 0.1) is 0 Å². The van der Waals surface area contributed by atoms with Gasteiger partial charge in [-0.2, -0.15) is 0 Å². The van der Waals surface area contributed by atoms with E-state index in [1.807, 2.05) is 55.4 Å². The van der Waals surface area contributed by atoms with E-state index in [4.69, 9.17) is 10.8 Å². The Hall–Kier alpha value is -3.38.